The van der Waals surface area contributed by atoms with Gasteiger partial charge in [-0.05, 0) is 12.1 Å². The molecule has 0 aliphatic heterocycles. The fourth-order valence-electron chi connectivity index (χ4n) is 2.41. The van der Waals surface area contributed by atoms with Gasteiger partial charge in [0, 0.05) is 23.1 Å². The van der Waals surface area contributed by atoms with Gasteiger partial charge in [-0.2, -0.15) is 0 Å². The van der Waals surface area contributed by atoms with Gasteiger partial charge >= 0.3 is 0 Å². The zero-order valence-electron chi connectivity index (χ0n) is 13.1. The molecular weight excluding hydrogens is 274 g/mol. The van der Waals surface area contributed by atoms with Crippen LogP contribution in [0.3, 0.4) is 0 Å². The predicted molar refractivity (Wildman–Crippen MR) is 87.9 cm³/mol. The number of benzene rings is 1. The molecule has 0 bridgehead atoms. The van der Waals surface area contributed by atoms with Crippen LogP contribution in [-0.4, -0.2) is 15.8 Å². The van der Waals surface area contributed by atoms with Gasteiger partial charge in [0.2, 0.25) is 0 Å². The second-order valence-electron chi connectivity index (χ2n) is 6.44. The number of para-hydroxylation sites is 1. The summed E-state index contributed by atoms with van der Waals surface area (Å²) in [7, 11) is 0. The molecule has 112 valence electrons. The van der Waals surface area contributed by atoms with Crippen LogP contribution in [0.25, 0.3) is 5.57 Å². The summed E-state index contributed by atoms with van der Waals surface area (Å²) in [5, 5.41) is 3.22. The van der Waals surface area contributed by atoms with Crippen molar-refractivity contribution in [1.82, 2.24) is 9.97 Å². The van der Waals surface area contributed by atoms with E-state index in [4.69, 9.17) is 0 Å². The first-order valence-electron chi connectivity index (χ1n) is 7.38. The highest BCUT2D eigenvalue weighted by molar-refractivity contribution is 6.23. The lowest BCUT2D eigenvalue weighted by Crippen LogP contribution is -2.21. The van der Waals surface area contributed by atoms with E-state index in [9.17, 15) is 4.79 Å². The number of carbonyl (C=O) groups excluding carboxylic acids is 1. The first-order chi connectivity index (χ1) is 10.4. The Morgan fingerprint density at radius 2 is 1.91 bits per heavy atom. The molecule has 1 aromatic carbocycles. The molecule has 1 N–H and O–H groups in total. The predicted octanol–water partition coefficient (Wildman–Crippen LogP) is 3.77. The van der Waals surface area contributed by atoms with E-state index >= 15 is 0 Å². The monoisotopic (exact) mass is 293 g/mol. The number of nitrogens with one attached hydrogen (secondary N) is 1. The molecule has 22 heavy (non-hydrogen) atoms. The Bertz CT molecular complexity index is 743. The van der Waals surface area contributed by atoms with E-state index in [0.29, 0.717) is 23.5 Å². The molecule has 0 spiro atoms. The number of allylic oxidation sites excluding steroid dienone is 2. The number of aromatic nitrogens is 2. The number of fused-ring (bicyclic) bond motifs is 1. The number of hydrogen-bond donors (Lipinski definition) is 1. The lowest BCUT2D eigenvalue weighted by molar-refractivity contribution is -0.120. The second-order valence-corrected chi connectivity index (χ2v) is 6.44. The Hall–Kier alpha value is -2.49. The molecule has 1 aromatic heterocycles. The van der Waals surface area contributed by atoms with Crippen molar-refractivity contribution in [3.05, 3.63) is 54.0 Å². The molecule has 1 aliphatic carbocycles. The third-order valence-corrected chi connectivity index (χ3v) is 3.57. The quantitative estimate of drug-likeness (QED) is 0.935. The Labute approximate surface area is 130 Å². The van der Waals surface area contributed by atoms with Gasteiger partial charge < -0.3 is 5.32 Å². The molecule has 4 heteroatoms. The molecule has 0 radical (unpaired) electrons. The number of anilines is 2. The molecule has 4 nitrogen and oxygen atoms in total. The van der Waals surface area contributed by atoms with Gasteiger partial charge in [0.05, 0.1) is 17.6 Å². The molecule has 0 fully saturated rings. The van der Waals surface area contributed by atoms with Gasteiger partial charge in [-0.15, -0.1) is 0 Å². The van der Waals surface area contributed by atoms with Crippen molar-refractivity contribution >= 4 is 22.9 Å². The largest absolute Gasteiger partial charge is 0.339 e. The van der Waals surface area contributed by atoms with Crippen LogP contribution in [0.2, 0.25) is 0 Å². The van der Waals surface area contributed by atoms with Crippen LogP contribution in [-0.2, 0) is 11.2 Å². The second kappa shape index (κ2) is 5.37. The minimum atomic E-state index is -0.419. The molecular formula is C18H19N3O. The fraction of sp³-hybridized carbons (Fsp3) is 0.278. The summed E-state index contributed by atoms with van der Waals surface area (Å²) in [5.74, 6) is 0.761. The van der Waals surface area contributed by atoms with Crippen LogP contribution in [0.5, 0.6) is 0 Å². The summed E-state index contributed by atoms with van der Waals surface area (Å²) < 4.78 is 0. The lowest BCUT2D eigenvalue weighted by atomic mass is 9.86. The van der Waals surface area contributed by atoms with E-state index in [0.717, 1.165) is 11.4 Å². The Morgan fingerprint density at radius 3 is 2.59 bits per heavy atom. The van der Waals surface area contributed by atoms with Crippen LogP contribution < -0.4 is 5.32 Å². The minimum Gasteiger partial charge on any atom is -0.339 e. The summed E-state index contributed by atoms with van der Waals surface area (Å²) in [5.41, 5.74) is 2.79. The molecule has 3 rings (SSSR count). The molecule has 0 saturated carbocycles. The molecule has 0 unspecified atom stereocenters. The van der Waals surface area contributed by atoms with Gasteiger partial charge in [-0.3, -0.25) is 9.78 Å². The Kier molecular flexibility index (Phi) is 3.53. The lowest BCUT2D eigenvalue weighted by Gasteiger charge is -2.17. The van der Waals surface area contributed by atoms with Gasteiger partial charge in [0.25, 0.3) is 0 Å². The van der Waals surface area contributed by atoms with E-state index < -0.39 is 5.41 Å². The maximum atomic E-state index is 12.5. The van der Waals surface area contributed by atoms with Crippen molar-refractivity contribution in [1.29, 1.82) is 0 Å². The summed E-state index contributed by atoms with van der Waals surface area (Å²) in [6, 6.07) is 9.80. The minimum absolute atomic E-state index is 0.109. The fourth-order valence-corrected chi connectivity index (χ4v) is 2.41. The number of ketones is 1. The average Bonchev–Trinajstić information content (AvgIpc) is 2.89. The molecule has 0 amide bonds. The zero-order chi connectivity index (χ0) is 15.7. The maximum Gasteiger partial charge on any atom is 0.170 e. The van der Waals surface area contributed by atoms with Crippen molar-refractivity contribution < 1.29 is 4.79 Å². The molecule has 2 aromatic rings. The van der Waals surface area contributed by atoms with Gasteiger partial charge in [-0.1, -0.05) is 45.0 Å². The Balaban J connectivity index is 1.91. The SMILES string of the molecule is CC(C)(C)C(=O)C1=CCc2ncc(Nc3ccccc3)nc21. The standard InChI is InChI=1S/C18H19N3O/c1-18(2,3)17(22)13-9-10-14-16(13)21-15(11-19-14)20-12-7-5-4-6-8-12/h4-9,11H,10H2,1-3H3,(H,20,21). The highest BCUT2D eigenvalue weighted by Gasteiger charge is 2.30. The van der Waals surface area contributed by atoms with Crippen molar-refractivity contribution in [2.45, 2.75) is 27.2 Å². The zero-order valence-corrected chi connectivity index (χ0v) is 13.1. The topological polar surface area (TPSA) is 54.9 Å². The van der Waals surface area contributed by atoms with E-state index in [1.165, 1.54) is 0 Å². The third kappa shape index (κ3) is 2.77. The molecule has 1 aliphatic rings. The van der Waals surface area contributed by atoms with Crippen LogP contribution in [0, 0.1) is 5.41 Å². The van der Waals surface area contributed by atoms with Crippen LogP contribution in [0.15, 0.2) is 42.6 Å². The third-order valence-electron chi connectivity index (χ3n) is 3.57. The molecule has 0 atom stereocenters. The summed E-state index contributed by atoms with van der Waals surface area (Å²) in [6.07, 6.45) is 4.32. The smallest absolute Gasteiger partial charge is 0.170 e. The van der Waals surface area contributed by atoms with Crippen LogP contribution in [0.4, 0.5) is 11.5 Å². The first kappa shape index (κ1) is 14.4. The van der Waals surface area contributed by atoms with E-state index in [2.05, 4.69) is 15.3 Å². The van der Waals surface area contributed by atoms with E-state index in [-0.39, 0.29) is 5.78 Å². The average molecular weight is 293 g/mol. The summed E-state index contributed by atoms with van der Waals surface area (Å²) >= 11 is 0. The number of rotatable bonds is 3. The van der Waals surface area contributed by atoms with E-state index in [1.807, 2.05) is 57.2 Å². The maximum absolute atomic E-state index is 12.5. The highest BCUT2D eigenvalue weighted by Crippen LogP contribution is 2.32. The number of nitrogens with zero attached hydrogens (tertiary/aromatic N) is 2. The van der Waals surface area contributed by atoms with Gasteiger partial charge in [0.1, 0.15) is 5.82 Å². The van der Waals surface area contributed by atoms with Crippen molar-refractivity contribution in [3.63, 3.8) is 0 Å². The van der Waals surface area contributed by atoms with Crippen molar-refractivity contribution in [2.24, 2.45) is 5.41 Å². The summed E-state index contributed by atoms with van der Waals surface area (Å²) in [6.45, 7) is 5.77. The number of carbonyl (C=O) groups is 1. The van der Waals surface area contributed by atoms with Crippen LogP contribution in [0.1, 0.15) is 32.2 Å². The van der Waals surface area contributed by atoms with E-state index in [1.54, 1.807) is 6.20 Å². The van der Waals surface area contributed by atoms with Crippen molar-refractivity contribution in [3.8, 4) is 0 Å². The van der Waals surface area contributed by atoms with Gasteiger partial charge in [0.15, 0.2) is 5.78 Å². The molecule has 0 saturated heterocycles. The number of hydrogen-bond acceptors (Lipinski definition) is 4. The van der Waals surface area contributed by atoms with Crippen LogP contribution >= 0.6 is 0 Å². The summed E-state index contributed by atoms with van der Waals surface area (Å²) in [4.78, 5) is 21.6. The number of Topliss-reactive ketones (excluding diaryl/α,β-unsaturated/α-hetero) is 1. The van der Waals surface area contributed by atoms with Crippen molar-refractivity contribution in [2.75, 3.05) is 5.32 Å². The van der Waals surface area contributed by atoms with Gasteiger partial charge in [-0.25, -0.2) is 4.98 Å². The highest BCUT2D eigenvalue weighted by atomic mass is 16.1. The Morgan fingerprint density at radius 1 is 1.18 bits per heavy atom. The first-order valence-corrected chi connectivity index (χ1v) is 7.38. The normalized spacial score (nSPS) is 13.5. The molecule has 1 heterocycles.